The van der Waals surface area contributed by atoms with Crippen LogP contribution in [-0.4, -0.2) is 17.7 Å². The van der Waals surface area contributed by atoms with Gasteiger partial charge in [0.2, 0.25) is 0 Å². The van der Waals surface area contributed by atoms with E-state index in [9.17, 15) is 18.7 Å². The maximum absolute atomic E-state index is 13.4. The highest BCUT2D eigenvalue weighted by molar-refractivity contribution is 6.30. The van der Waals surface area contributed by atoms with Crippen molar-refractivity contribution in [3.63, 3.8) is 0 Å². The minimum Gasteiger partial charge on any atom is -0.394 e. The molecule has 0 saturated carbocycles. The van der Waals surface area contributed by atoms with Crippen LogP contribution in [0.1, 0.15) is 11.6 Å². The van der Waals surface area contributed by atoms with E-state index < -0.39 is 30.3 Å². The Kier molecular flexibility index (Phi) is 5.30. The Hall–Kier alpha value is -2.18. The first kappa shape index (κ1) is 16.2. The van der Waals surface area contributed by atoms with Gasteiger partial charge in [-0.3, -0.25) is 0 Å². The number of hydrogen-bond donors (Lipinski definition) is 3. The van der Waals surface area contributed by atoms with E-state index in [1.54, 1.807) is 0 Å². The number of halogens is 3. The highest BCUT2D eigenvalue weighted by atomic mass is 35.5. The summed E-state index contributed by atoms with van der Waals surface area (Å²) in [6, 6.07) is 7.77. The number of aliphatic hydroxyl groups is 1. The van der Waals surface area contributed by atoms with Crippen LogP contribution in [0.15, 0.2) is 42.5 Å². The van der Waals surface area contributed by atoms with Crippen molar-refractivity contribution in [2.75, 3.05) is 11.9 Å². The first-order valence-electron chi connectivity index (χ1n) is 6.38. The van der Waals surface area contributed by atoms with Gasteiger partial charge in [-0.1, -0.05) is 17.7 Å². The molecule has 116 valence electrons. The zero-order valence-corrected chi connectivity index (χ0v) is 12.1. The largest absolute Gasteiger partial charge is 0.394 e. The van der Waals surface area contributed by atoms with Crippen molar-refractivity contribution >= 4 is 23.3 Å². The molecule has 0 aromatic heterocycles. The Bertz CT molecular complexity index is 665. The molecular weight excluding hydrogens is 314 g/mol. The van der Waals surface area contributed by atoms with E-state index in [4.69, 9.17) is 11.6 Å². The summed E-state index contributed by atoms with van der Waals surface area (Å²) in [5.74, 6) is -1.06. The molecule has 1 atom stereocenters. The normalized spacial score (nSPS) is 11.8. The number of anilines is 1. The van der Waals surface area contributed by atoms with E-state index in [2.05, 4.69) is 10.6 Å². The second kappa shape index (κ2) is 7.20. The van der Waals surface area contributed by atoms with Crippen LogP contribution in [0, 0.1) is 11.6 Å². The zero-order valence-electron chi connectivity index (χ0n) is 11.3. The summed E-state index contributed by atoms with van der Waals surface area (Å²) >= 11 is 5.59. The summed E-state index contributed by atoms with van der Waals surface area (Å²) in [6.07, 6.45) is 0. The molecule has 4 nitrogen and oxygen atoms in total. The molecule has 2 aromatic rings. The van der Waals surface area contributed by atoms with E-state index in [0.29, 0.717) is 11.3 Å². The molecule has 0 radical (unpaired) electrons. The van der Waals surface area contributed by atoms with E-state index >= 15 is 0 Å². The van der Waals surface area contributed by atoms with Crippen LogP contribution in [0.2, 0.25) is 5.02 Å². The fourth-order valence-corrected chi connectivity index (χ4v) is 1.94. The molecule has 0 bridgehead atoms. The quantitative estimate of drug-likeness (QED) is 0.805. The average molecular weight is 327 g/mol. The molecule has 0 heterocycles. The van der Waals surface area contributed by atoms with Crippen LogP contribution in [0.4, 0.5) is 19.3 Å². The number of hydrogen-bond acceptors (Lipinski definition) is 2. The number of carbonyl (C=O) groups is 1. The van der Waals surface area contributed by atoms with Gasteiger partial charge in [-0.15, -0.1) is 0 Å². The summed E-state index contributed by atoms with van der Waals surface area (Å²) in [4.78, 5) is 11.8. The summed E-state index contributed by atoms with van der Waals surface area (Å²) in [6.45, 7) is -0.419. The number of rotatable bonds is 4. The molecule has 0 saturated heterocycles. The second-order valence-corrected chi connectivity index (χ2v) is 4.92. The fraction of sp³-hybridized carbons (Fsp3) is 0.133. The third kappa shape index (κ3) is 4.16. The molecule has 2 aromatic carbocycles. The molecule has 1 unspecified atom stereocenters. The number of benzene rings is 2. The smallest absolute Gasteiger partial charge is 0.319 e. The van der Waals surface area contributed by atoms with Crippen LogP contribution < -0.4 is 10.6 Å². The maximum atomic E-state index is 13.4. The minimum absolute atomic E-state index is 0.0452. The van der Waals surface area contributed by atoms with Crippen molar-refractivity contribution < 1.29 is 18.7 Å². The van der Waals surface area contributed by atoms with Gasteiger partial charge in [0.05, 0.1) is 17.7 Å². The lowest BCUT2D eigenvalue weighted by Crippen LogP contribution is -2.34. The lowest BCUT2D eigenvalue weighted by molar-refractivity contribution is 0.225. The first-order chi connectivity index (χ1) is 10.5. The average Bonchev–Trinajstić information content (AvgIpc) is 2.50. The van der Waals surface area contributed by atoms with Crippen LogP contribution >= 0.6 is 11.6 Å². The highest BCUT2D eigenvalue weighted by Gasteiger charge is 2.15. The predicted octanol–water partition coefficient (Wildman–Crippen LogP) is 3.47. The van der Waals surface area contributed by atoms with Crippen LogP contribution in [-0.2, 0) is 0 Å². The van der Waals surface area contributed by atoms with Gasteiger partial charge in [0.1, 0.15) is 11.6 Å². The Morgan fingerprint density at radius 1 is 1.18 bits per heavy atom. The molecule has 7 heteroatoms. The van der Waals surface area contributed by atoms with Gasteiger partial charge < -0.3 is 15.7 Å². The Morgan fingerprint density at radius 3 is 2.45 bits per heavy atom. The van der Waals surface area contributed by atoms with Gasteiger partial charge in [-0.25, -0.2) is 13.6 Å². The fourth-order valence-electron chi connectivity index (χ4n) is 1.82. The maximum Gasteiger partial charge on any atom is 0.319 e. The number of nitrogens with one attached hydrogen (secondary N) is 2. The topological polar surface area (TPSA) is 61.4 Å². The third-order valence-corrected chi connectivity index (χ3v) is 3.24. The number of urea groups is 1. The van der Waals surface area contributed by atoms with Crippen molar-refractivity contribution in [1.29, 1.82) is 0 Å². The summed E-state index contributed by atoms with van der Waals surface area (Å²) < 4.78 is 26.2. The molecule has 2 rings (SSSR count). The molecule has 0 spiro atoms. The summed E-state index contributed by atoms with van der Waals surface area (Å²) in [5.41, 5.74) is 0.761. The van der Waals surface area contributed by atoms with Crippen molar-refractivity contribution in [1.82, 2.24) is 5.32 Å². The lowest BCUT2D eigenvalue weighted by Gasteiger charge is -2.17. The van der Waals surface area contributed by atoms with Gasteiger partial charge in [0.15, 0.2) is 0 Å². The Balaban J connectivity index is 2.04. The van der Waals surface area contributed by atoms with Gasteiger partial charge in [-0.2, -0.15) is 0 Å². The number of amides is 2. The molecule has 3 N–H and O–H groups in total. The lowest BCUT2D eigenvalue weighted by atomic mass is 10.1. The van der Waals surface area contributed by atoms with Crippen LogP contribution in [0.5, 0.6) is 0 Å². The summed E-state index contributed by atoms with van der Waals surface area (Å²) in [5, 5.41) is 14.3. The standard InChI is InChI=1S/C15H13ClF2N2O2/c16-12-6-1-9(7-13(12)18)14(8-21)20-15(22)19-11-4-2-10(17)3-5-11/h1-7,14,21H,8H2,(H2,19,20,22). The molecule has 22 heavy (non-hydrogen) atoms. The zero-order chi connectivity index (χ0) is 16.1. The molecule has 0 aliphatic carbocycles. The second-order valence-electron chi connectivity index (χ2n) is 4.51. The van der Waals surface area contributed by atoms with Gasteiger partial charge in [0.25, 0.3) is 0 Å². The number of aliphatic hydroxyl groups excluding tert-OH is 1. The Morgan fingerprint density at radius 2 is 1.86 bits per heavy atom. The van der Waals surface area contributed by atoms with E-state index in [1.165, 1.54) is 36.4 Å². The first-order valence-corrected chi connectivity index (χ1v) is 6.76. The molecule has 0 aliphatic heterocycles. The predicted molar refractivity (Wildman–Crippen MR) is 79.8 cm³/mol. The van der Waals surface area contributed by atoms with Crippen molar-refractivity contribution in [3.05, 3.63) is 64.7 Å². The molecule has 0 aliphatic rings. The van der Waals surface area contributed by atoms with E-state index in [1.807, 2.05) is 0 Å². The molecule has 0 fully saturated rings. The third-order valence-electron chi connectivity index (χ3n) is 2.94. The van der Waals surface area contributed by atoms with Crippen molar-refractivity contribution in [3.8, 4) is 0 Å². The number of carbonyl (C=O) groups excluding carboxylic acids is 1. The van der Waals surface area contributed by atoms with Gasteiger partial charge >= 0.3 is 6.03 Å². The van der Waals surface area contributed by atoms with Crippen molar-refractivity contribution in [2.24, 2.45) is 0 Å². The Labute approximate surface area is 130 Å². The van der Waals surface area contributed by atoms with Gasteiger partial charge in [0, 0.05) is 5.69 Å². The van der Waals surface area contributed by atoms with Crippen molar-refractivity contribution in [2.45, 2.75) is 6.04 Å². The summed E-state index contributed by atoms with van der Waals surface area (Å²) in [7, 11) is 0. The van der Waals surface area contributed by atoms with Crippen LogP contribution in [0.3, 0.4) is 0 Å². The van der Waals surface area contributed by atoms with Gasteiger partial charge in [-0.05, 0) is 42.0 Å². The van der Waals surface area contributed by atoms with E-state index in [-0.39, 0.29) is 5.02 Å². The minimum atomic E-state index is -0.799. The molecule has 2 amide bonds. The van der Waals surface area contributed by atoms with E-state index in [0.717, 1.165) is 6.07 Å². The highest BCUT2D eigenvalue weighted by Crippen LogP contribution is 2.20. The van der Waals surface area contributed by atoms with Crippen LogP contribution in [0.25, 0.3) is 0 Å². The molecular formula is C15H13ClF2N2O2. The monoisotopic (exact) mass is 326 g/mol. The SMILES string of the molecule is O=C(Nc1ccc(F)cc1)NC(CO)c1ccc(Cl)c(F)c1.